The van der Waals surface area contributed by atoms with Crippen LogP contribution in [-0.2, 0) is 14.3 Å². The summed E-state index contributed by atoms with van der Waals surface area (Å²) in [7, 11) is 4.54. The van der Waals surface area contributed by atoms with E-state index in [-0.39, 0.29) is 11.1 Å². The van der Waals surface area contributed by atoms with E-state index in [9.17, 15) is 9.59 Å². The molecule has 0 amide bonds. The number of hydrogen-bond acceptors (Lipinski definition) is 6. The normalized spacial score (nSPS) is 14.3. The number of rotatable bonds is 6. The van der Waals surface area contributed by atoms with E-state index in [1.54, 1.807) is 18.2 Å². The number of esters is 2. The molecule has 1 fully saturated rings. The Morgan fingerprint density at radius 2 is 1.24 bits per heavy atom. The molecule has 0 unspecified atom stereocenters. The zero-order valence-electron chi connectivity index (χ0n) is 18.5. The summed E-state index contributed by atoms with van der Waals surface area (Å²) < 4.78 is 21.4. The first kappa shape index (κ1) is 21.9. The molecule has 0 aromatic heterocycles. The highest BCUT2D eigenvalue weighted by Gasteiger charge is 2.37. The van der Waals surface area contributed by atoms with Gasteiger partial charge in [0.2, 0.25) is 0 Å². The predicted molar refractivity (Wildman–Crippen MR) is 124 cm³/mol. The van der Waals surface area contributed by atoms with E-state index in [4.69, 9.17) is 18.9 Å². The van der Waals surface area contributed by atoms with Gasteiger partial charge >= 0.3 is 11.9 Å². The number of carbonyl (C=O) groups is 2. The molecular formula is C27H22O6. The highest BCUT2D eigenvalue weighted by atomic mass is 16.6. The summed E-state index contributed by atoms with van der Waals surface area (Å²) in [6, 6.07) is 22.2. The first-order chi connectivity index (χ1) is 16.1. The molecule has 3 aromatic carbocycles. The predicted octanol–water partition coefficient (Wildman–Crippen LogP) is 4.68. The summed E-state index contributed by atoms with van der Waals surface area (Å²) in [5, 5.41) is 0. The Morgan fingerprint density at radius 1 is 0.727 bits per heavy atom. The lowest BCUT2D eigenvalue weighted by molar-refractivity contribution is -0.149. The molecule has 6 heteroatoms. The molecule has 1 heterocycles. The van der Waals surface area contributed by atoms with Crippen molar-refractivity contribution in [3.05, 3.63) is 101 Å². The molecule has 0 N–H and O–H groups in total. The molecule has 1 saturated heterocycles. The van der Waals surface area contributed by atoms with Gasteiger partial charge in [-0.1, -0.05) is 60.7 Å². The lowest BCUT2D eigenvalue weighted by Crippen LogP contribution is -2.02. The first-order valence-corrected chi connectivity index (χ1v) is 10.2. The van der Waals surface area contributed by atoms with Crippen LogP contribution in [0.1, 0.15) is 16.7 Å². The molecule has 6 nitrogen and oxygen atoms in total. The van der Waals surface area contributed by atoms with Gasteiger partial charge in [0.15, 0.2) is 0 Å². The number of ether oxygens (including phenoxy) is 4. The molecule has 0 saturated carbocycles. The zero-order valence-corrected chi connectivity index (χ0v) is 18.5. The molecule has 0 bridgehead atoms. The molecule has 0 radical (unpaired) electrons. The van der Waals surface area contributed by atoms with Crippen molar-refractivity contribution in [1.82, 2.24) is 0 Å². The van der Waals surface area contributed by atoms with Crippen molar-refractivity contribution in [1.29, 1.82) is 0 Å². The number of hydrogen-bond donors (Lipinski definition) is 0. The average molecular weight is 442 g/mol. The summed E-state index contributed by atoms with van der Waals surface area (Å²) in [5.41, 5.74) is 2.95. The number of carbonyl (C=O) groups excluding carboxylic acids is 2. The van der Waals surface area contributed by atoms with Crippen LogP contribution in [-0.4, -0.2) is 33.3 Å². The quantitative estimate of drug-likeness (QED) is 0.314. The number of benzene rings is 3. The van der Waals surface area contributed by atoms with Gasteiger partial charge < -0.3 is 18.9 Å². The van der Waals surface area contributed by atoms with Gasteiger partial charge in [-0.2, -0.15) is 0 Å². The highest BCUT2D eigenvalue weighted by molar-refractivity contribution is 6.25. The van der Waals surface area contributed by atoms with Crippen molar-refractivity contribution in [3.63, 3.8) is 0 Å². The van der Waals surface area contributed by atoms with Crippen LogP contribution in [0.3, 0.4) is 0 Å². The maximum absolute atomic E-state index is 13.0. The van der Waals surface area contributed by atoms with Crippen LogP contribution >= 0.6 is 0 Å². The van der Waals surface area contributed by atoms with Gasteiger partial charge in [0, 0.05) is 17.7 Å². The Kier molecular flexibility index (Phi) is 6.26. The minimum atomic E-state index is -0.737. The fraction of sp³-hybridized carbons (Fsp3) is 0.111. The second kappa shape index (κ2) is 9.44. The van der Waals surface area contributed by atoms with E-state index in [2.05, 4.69) is 0 Å². The lowest BCUT2D eigenvalue weighted by atomic mass is 9.89. The summed E-state index contributed by atoms with van der Waals surface area (Å²) >= 11 is 0. The Labute approximate surface area is 191 Å². The molecule has 4 rings (SSSR count). The lowest BCUT2D eigenvalue weighted by Gasteiger charge is -2.14. The van der Waals surface area contributed by atoms with E-state index in [1.165, 1.54) is 21.3 Å². The molecule has 166 valence electrons. The zero-order chi connectivity index (χ0) is 23.4. The van der Waals surface area contributed by atoms with E-state index in [1.807, 2.05) is 60.7 Å². The van der Waals surface area contributed by atoms with Crippen molar-refractivity contribution >= 4 is 23.6 Å². The third kappa shape index (κ3) is 4.23. The molecular weight excluding hydrogens is 420 g/mol. The topological polar surface area (TPSA) is 71.1 Å². The van der Waals surface area contributed by atoms with Gasteiger partial charge in [0.05, 0.1) is 38.0 Å². The van der Waals surface area contributed by atoms with Gasteiger partial charge in [-0.25, -0.2) is 9.59 Å². The monoisotopic (exact) mass is 442 g/mol. The number of cyclic esters (lactones) is 2. The van der Waals surface area contributed by atoms with E-state index in [0.717, 1.165) is 11.1 Å². The van der Waals surface area contributed by atoms with E-state index in [0.29, 0.717) is 28.4 Å². The van der Waals surface area contributed by atoms with Crippen molar-refractivity contribution in [3.8, 4) is 17.2 Å². The molecule has 0 aliphatic carbocycles. The fourth-order valence-electron chi connectivity index (χ4n) is 3.75. The summed E-state index contributed by atoms with van der Waals surface area (Å²) in [6.07, 6.45) is 1.56. The van der Waals surface area contributed by atoms with Crippen LogP contribution in [0.25, 0.3) is 11.6 Å². The maximum Gasteiger partial charge on any atom is 0.347 e. The summed E-state index contributed by atoms with van der Waals surface area (Å²) in [5.74, 6) is -0.0713. The largest absolute Gasteiger partial charge is 0.496 e. The van der Waals surface area contributed by atoms with Gasteiger partial charge in [-0.3, -0.25) is 0 Å². The Bertz CT molecular complexity index is 1190. The van der Waals surface area contributed by atoms with Gasteiger partial charge in [0.25, 0.3) is 0 Å². The Hall–Kier alpha value is -4.32. The third-order valence-electron chi connectivity index (χ3n) is 5.30. The second-order valence-electron chi connectivity index (χ2n) is 7.16. The first-order valence-electron chi connectivity index (χ1n) is 10.2. The maximum atomic E-state index is 13.0. The minimum Gasteiger partial charge on any atom is -0.496 e. The van der Waals surface area contributed by atoms with Crippen molar-refractivity contribution in [2.24, 2.45) is 0 Å². The van der Waals surface area contributed by atoms with Crippen LogP contribution in [0.2, 0.25) is 0 Å². The highest BCUT2D eigenvalue weighted by Crippen LogP contribution is 2.40. The molecule has 33 heavy (non-hydrogen) atoms. The summed E-state index contributed by atoms with van der Waals surface area (Å²) in [4.78, 5) is 25.8. The standard InChI is InChI=1S/C27H22O6/c1-30-19-14-22(31-2)20(23(15-19)32-3)16-21-25(27(29)33-26(21)28)24(17-10-6-4-7-11-17)18-12-8-5-9-13-18/h4-16H,1-3H3/b21-16+. The summed E-state index contributed by atoms with van der Waals surface area (Å²) in [6.45, 7) is 0. The molecule has 0 atom stereocenters. The number of methoxy groups -OCH3 is 3. The second-order valence-corrected chi connectivity index (χ2v) is 7.16. The van der Waals surface area contributed by atoms with Crippen LogP contribution < -0.4 is 14.2 Å². The van der Waals surface area contributed by atoms with Crippen LogP contribution in [0.15, 0.2) is 83.9 Å². The van der Waals surface area contributed by atoms with Crippen molar-refractivity contribution < 1.29 is 28.5 Å². The van der Waals surface area contributed by atoms with Crippen molar-refractivity contribution in [2.45, 2.75) is 0 Å². The fourth-order valence-corrected chi connectivity index (χ4v) is 3.75. The van der Waals surface area contributed by atoms with E-state index >= 15 is 0 Å². The van der Waals surface area contributed by atoms with Crippen LogP contribution in [0, 0.1) is 0 Å². The molecule has 1 aliphatic rings. The Balaban J connectivity index is 2.03. The van der Waals surface area contributed by atoms with Gasteiger partial charge in [-0.15, -0.1) is 0 Å². The third-order valence-corrected chi connectivity index (χ3v) is 5.30. The molecule has 0 spiro atoms. The van der Waals surface area contributed by atoms with E-state index < -0.39 is 11.9 Å². The molecule has 3 aromatic rings. The smallest absolute Gasteiger partial charge is 0.347 e. The molecule has 1 aliphatic heterocycles. The Morgan fingerprint density at radius 3 is 1.70 bits per heavy atom. The minimum absolute atomic E-state index is 0.115. The average Bonchev–Trinajstić information content (AvgIpc) is 3.13. The van der Waals surface area contributed by atoms with Crippen molar-refractivity contribution in [2.75, 3.05) is 21.3 Å². The van der Waals surface area contributed by atoms with Gasteiger partial charge in [0.1, 0.15) is 17.2 Å². The van der Waals surface area contributed by atoms with Gasteiger partial charge in [-0.05, 0) is 17.2 Å². The van der Waals surface area contributed by atoms with Crippen LogP contribution in [0.5, 0.6) is 17.2 Å². The SMILES string of the molecule is COc1cc(OC)c(/C=C2/C(=O)OC(=O)C2=C(c2ccccc2)c2ccccc2)c(OC)c1. The van der Waals surface area contributed by atoms with Crippen LogP contribution in [0.4, 0.5) is 0 Å².